The minimum absolute atomic E-state index is 0.152. The Morgan fingerprint density at radius 3 is 2.18 bits per heavy atom. The second-order valence-corrected chi connectivity index (χ2v) is 5.97. The molecule has 0 saturated carbocycles. The largest absolute Gasteiger partial charge is 0.493 e. The van der Waals surface area contributed by atoms with Gasteiger partial charge in [0.1, 0.15) is 5.75 Å². The summed E-state index contributed by atoms with van der Waals surface area (Å²) in [7, 11) is 4.71. The Balaban J connectivity index is 1.86. The van der Waals surface area contributed by atoms with Crippen LogP contribution in [0, 0.1) is 0 Å². The van der Waals surface area contributed by atoms with Crippen molar-refractivity contribution in [1.82, 2.24) is 0 Å². The van der Waals surface area contributed by atoms with Crippen molar-refractivity contribution < 1.29 is 33.2 Å². The SMILES string of the molecule is COc1cc(/C=C\Cc2cc3c(cc2OC(C)=O)OCO3)cc(OC)c1OC. The molecular weight excluding hydrogens is 364 g/mol. The summed E-state index contributed by atoms with van der Waals surface area (Å²) in [5.74, 6) is 2.94. The van der Waals surface area contributed by atoms with Crippen LogP contribution in [-0.2, 0) is 11.2 Å². The number of rotatable bonds is 7. The smallest absolute Gasteiger partial charge is 0.308 e. The average Bonchev–Trinajstić information content (AvgIpc) is 3.13. The van der Waals surface area contributed by atoms with Crippen LogP contribution in [0.5, 0.6) is 34.5 Å². The van der Waals surface area contributed by atoms with Gasteiger partial charge in [0, 0.05) is 18.6 Å². The number of methoxy groups -OCH3 is 3. The van der Waals surface area contributed by atoms with Gasteiger partial charge in [-0.15, -0.1) is 0 Å². The van der Waals surface area contributed by atoms with Gasteiger partial charge < -0.3 is 28.4 Å². The van der Waals surface area contributed by atoms with Crippen LogP contribution >= 0.6 is 0 Å². The number of esters is 1. The van der Waals surface area contributed by atoms with Crippen molar-refractivity contribution in [2.45, 2.75) is 13.3 Å². The molecule has 1 aliphatic heterocycles. The van der Waals surface area contributed by atoms with Crippen LogP contribution in [0.1, 0.15) is 18.1 Å². The second kappa shape index (κ2) is 8.56. The molecule has 0 N–H and O–H groups in total. The number of allylic oxidation sites excluding steroid dienone is 1. The fourth-order valence-corrected chi connectivity index (χ4v) is 2.89. The van der Waals surface area contributed by atoms with Crippen LogP contribution in [0.3, 0.4) is 0 Å². The minimum atomic E-state index is -0.395. The molecule has 0 spiro atoms. The lowest BCUT2D eigenvalue weighted by Crippen LogP contribution is -2.03. The molecule has 0 radical (unpaired) electrons. The number of carbonyl (C=O) groups excluding carboxylic acids is 1. The van der Waals surface area contributed by atoms with E-state index in [1.165, 1.54) is 6.92 Å². The standard InChI is InChI=1S/C21H22O7/c1-13(22)28-16-11-18-17(26-12-27-18)10-15(16)7-5-6-14-8-19(23-2)21(25-4)20(9-14)24-3/h5-6,8-11H,7,12H2,1-4H3/b6-5-. The molecule has 1 aliphatic rings. The molecule has 3 rings (SSSR count). The predicted octanol–water partition coefficient (Wildman–Crippen LogP) is 3.62. The Labute approximate surface area is 163 Å². The molecule has 0 atom stereocenters. The number of ether oxygens (including phenoxy) is 6. The van der Waals surface area contributed by atoms with E-state index in [0.717, 1.165) is 11.1 Å². The molecule has 7 heteroatoms. The zero-order chi connectivity index (χ0) is 20.1. The molecule has 148 valence electrons. The van der Waals surface area contributed by atoms with Crippen molar-refractivity contribution in [2.24, 2.45) is 0 Å². The van der Waals surface area contributed by atoms with Crippen molar-refractivity contribution in [3.05, 3.63) is 41.5 Å². The topological polar surface area (TPSA) is 72.5 Å². The van der Waals surface area contributed by atoms with Gasteiger partial charge in [-0.1, -0.05) is 12.2 Å². The highest BCUT2D eigenvalue weighted by Crippen LogP contribution is 2.40. The van der Waals surface area contributed by atoms with E-state index in [9.17, 15) is 4.79 Å². The van der Waals surface area contributed by atoms with Crippen LogP contribution in [0.25, 0.3) is 6.08 Å². The Bertz CT molecular complexity index is 877. The van der Waals surface area contributed by atoms with Crippen molar-refractivity contribution in [1.29, 1.82) is 0 Å². The maximum Gasteiger partial charge on any atom is 0.308 e. The van der Waals surface area contributed by atoms with E-state index in [4.69, 9.17) is 28.4 Å². The van der Waals surface area contributed by atoms with Crippen molar-refractivity contribution in [3.8, 4) is 34.5 Å². The summed E-state index contributed by atoms with van der Waals surface area (Å²) in [6.07, 6.45) is 4.40. The summed E-state index contributed by atoms with van der Waals surface area (Å²) in [5.41, 5.74) is 1.69. The minimum Gasteiger partial charge on any atom is -0.493 e. The van der Waals surface area contributed by atoms with Gasteiger partial charge in [-0.05, 0) is 30.2 Å². The lowest BCUT2D eigenvalue weighted by molar-refractivity contribution is -0.131. The summed E-state index contributed by atoms with van der Waals surface area (Å²) < 4.78 is 32.2. The summed E-state index contributed by atoms with van der Waals surface area (Å²) in [6.45, 7) is 1.51. The van der Waals surface area contributed by atoms with Gasteiger partial charge in [0.05, 0.1) is 21.3 Å². The van der Waals surface area contributed by atoms with E-state index in [-0.39, 0.29) is 6.79 Å². The third kappa shape index (κ3) is 4.14. The van der Waals surface area contributed by atoms with E-state index in [1.54, 1.807) is 27.4 Å². The normalized spacial score (nSPS) is 12.1. The molecule has 0 saturated heterocycles. The lowest BCUT2D eigenvalue weighted by Gasteiger charge is -2.13. The first-order valence-electron chi connectivity index (χ1n) is 8.63. The van der Waals surface area contributed by atoms with Gasteiger partial charge in [-0.2, -0.15) is 0 Å². The van der Waals surface area contributed by atoms with Crippen LogP contribution in [0.4, 0.5) is 0 Å². The summed E-state index contributed by atoms with van der Waals surface area (Å²) in [4.78, 5) is 11.4. The maximum absolute atomic E-state index is 11.4. The lowest BCUT2D eigenvalue weighted by atomic mass is 10.1. The summed E-state index contributed by atoms with van der Waals surface area (Å²) in [6, 6.07) is 7.20. The molecule has 28 heavy (non-hydrogen) atoms. The third-order valence-corrected chi connectivity index (χ3v) is 4.14. The van der Waals surface area contributed by atoms with Gasteiger partial charge in [0.15, 0.2) is 23.0 Å². The molecule has 0 aliphatic carbocycles. The van der Waals surface area contributed by atoms with Gasteiger partial charge in [-0.25, -0.2) is 0 Å². The highest BCUT2D eigenvalue weighted by molar-refractivity contribution is 5.71. The number of hydrogen-bond acceptors (Lipinski definition) is 7. The number of carbonyl (C=O) groups is 1. The zero-order valence-electron chi connectivity index (χ0n) is 16.2. The van der Waals surface area contributed by atoms with Gasteiger partial charge in [0.25, 0.3) is 0 Å². The Morgan fingerprint density at radius 2 is 1.61 bits per heavy atom. The van der Waals surface area contributed by atoms with Crippen LogP contribution in [0.2, 0.25) is 0 Å². The quantitative estimate of drug-likeness (QED) is 0.531. The molecular formula is C21H22O7. The Morgan fingerprint density at radius 1 is 0.964 bits per heavy atom. The third-order valence-electron chi connectivity index (χ3n) is 4.14. The summed E-state index contributed by atoms with van der Waals surface area (Å²) in [5, 5.41) is 0. The van der Waals surface area contributed by atoms with Gasteiger partial charge in [0.2, 0.25) is 12.5 Å². The van der Waals surface area contributed by atoms with Crippen LogP contribution < -0.4 is 28.4 Å². The van der Waals surface area contributed by atoms with Crippen molar-refractivity contribution in [3.63, 3.8) is 0 Å². The maximum atomic E-state index is 11.4. The number of hydrogen-bond donors (Lipinski definition) is 0. The number of fused-ring (bicyclic) bond motifs is 1. The monoisotopic (exact) mass is 386 g/mol. The van der Waals surface area contributed by atoms with Crippen LogP contribution in [0.15, 0.2) is 30.3 Å². The molecule has 1 heterocycles. The van der Waals surface area contributed by atoms with E-state index < -0.39 is 5.97 Å². The van der Waals surface area contributed by atoms with E-state index in [0.29, 0.717) is 40.9 Å². The highest BCUT2D eigenvalue weighted by atomic mass is 16.7. The first-order valence-corrected chi connectivity index (χ1v) is 8.63. The van der Waals surface area contributed by atoms with Gasteiger partial charge >= 0.3 is 5.97 Å². The van der Waals surface area contributed by atoms with E-state index in [2.05, 4.69) is 0 Å². The fraction of sp³-hybridized carbons (Fsp3) is 0.286. The van der Waals surface area contributed by atoms with Gasteiger partial charge in [-0.3, -0.25) is 4.79 Å². The molecule has 0 amide bonds. The van der Waals surface area contributed by atoms with E-state index >= 15 is 0 Å². The summed E-state index contributed by atoms with van der Waals surface area (Å²) >= 11 is 0. The molecule has 7 nitrogen and oxygen atoms in total. The molecule has 0 fully saturated rings. The van der Waals surface area contributed by atoms with Crippen molar-refractivity contribution in [2.75, 3.05) is 28.1 Å². The molecule has 0 bridgehead atoms. The first kappa shape index (κ1) is 19.4. The Hall–Kier alpha value is -3.35. The number of benzene rings is 2. The average molecular weight is 386 g/mol. The highest BCUT2D eigenvalue weighted by Gasteiger charge is 2.18. The Kier molecular flexibility index (Phi) is 5.93. The fourth-order valence-electron chi connectivity index (χ4n) is 2.89. The first-order chi connectivity index (χ1) is 13.5. The van der Waals surface area contributed by atoms with Crippen LogP contribution in [-0.4, -0.2) is 34.1 Å². The molecule has 0 aromatic heterocycles. The predicted molar refractivity (Wildman–Crippen MR) is 103 cm³/mol. The molecule has 0 unspecified atom stereocenters. The second-order valence-electron chi connectivity index (χ2n) is 5.97. The zero-order valence-corrected chi connectivity index (χ0v) is 16.2. The molecule has 2 aromatic rings. The molecule has 2 aromatic carbocycles. The van der Waals surface area contributed by atoms with E-state index in [1.807, 2.05) is 30.4 Å². The van der Waals surface area contributed by atoms with Crippen molar-refractivity contribution >= 4 is 12.0 Å².